The molecule has 16 heavy (non-hydrogen) atoms. The van der Waals surface area contributed by atoms with Crippen LogP contribution in [0.15, 0.2) is 24.3 Å². The molecule has 0 aliphatic heterocycles. The largest absolute Gasteiger partial charge is 0.317 e. The highest BCUT2D eigenvalue weighted by Crippen LogP contribution is 2.56. The summed E-state index contributed by atoms with van der Waals surface area (Å²) in [4.78, 5) is 0. The molecule has 1 aliphatic rings. The van der Waals surface area contributed by atoms with Gasteiger partial charge in [0.1, 0.15) is 5.82 Å². The molecule has 0 saturated heterocycles. The minimum Gasteiger partial charge on any atom is -0.317 e. The second-order valence-electron chi connectivity index (χ2n) is 4.73. The molecule has 0 spiro atoms. The van der Waals surface area contributed by atoms with Crippen molar-refractivity contribution in [3.05, 3.63) is 35.6 Å². The third-order valence-electron chi connectivity index (χ3n) is 3.92. The first-order valence-corrected chi connectivity index (χ1v) is 6.19. The Kier molecular flexibility index (Phi) is 3.29. The van der Waals surface area contributed by atoms with Gasteiger partial charge in [0.2, 0.25) is 0 Å². The molecule has 1 N–H and O–H groups in total. The molecule has 0 radical (unpaired) electrons. The average Bonchev–Trinajstić information content (AvgIpc) is 3.02. The van der Waals surface area contributed by atoms with Gasteiger partial charge in [0.15, 0.2) is 0 Å². The molecule has 2 unspecified atom stereocenters. The third kappa shape index (κ3) is 1.99. The molecule has 1 aromatic carbocycles. The summed E-state index contributed by atoms with van der Waals surface area (Å²) in [5.74, 6) is 0.585. The molecule has 0 heterocycles. The molecule has 1 aliphatic carbocycles. The Balaban J connectivity index is 2.09. The minimum absolute atomic E-state index is 0.140. The van der Waals surface area contributed by atoms with Crippen molar-refractivity contribution in [3.63, 3.8) is 0 Å². The van der Waals surface area contributed by atoms with Crippen molar-refractivity contribution in [2.24, 2.45) is 5.92 Å². The van der Waals surface area contributed by atoms with Gasteiger partial charge in [0.25, 0.3) is 0 Å². The van der Waals surface area contributed by atoms with Crippen LogP contribution >= 0.6 is 0 Å². The number of nitrogens with one attached hydrogen (secondary N) is 1. The SMILES string of the molecule is CCNCC1CC1(CC)c1ccc(F)cc1. The van der Waals surface area contributed by atoms with Crippen LogP contribution in [0.25, 0.3) is 0 Å². The topological polar surface area (TPSA) is 12.0 Å². The zero-order chi connectivity index (χ0) is 11.6. The van der Waals surface area contributed by atoms with Gasteiger partial charge in [-0.25, -0.2) is 4.39 Å². The Morgan fingerprint density at radius 3 is 2.56 bits per heavy atom. The highest BCUT2D eigenvalue weighted by molar-refractivity contribution is 5.34. The number of hydrogen-bond acceptors (Lipinski definition) is 1. The predicted octanol–water partition coefficient (Wildman–Crippen LogP) is 3.10. The van der Waals surface area contributed by atoms with E-state index >= 15 is 0 Å². The Morgan fingerprint density at radius 2 is 2.00 bits per heavy atom. The Hall–Kier alpha value is -0.890. The van der Waals surface area contributed by atoms with Crippen molar-refractivity contribution in [1.29, 1.82) is 0 Å². The molecular weight excluding hydrogens is 201 g/mol. The van der Waals surface area contributed by atoms with Crippen LogP contribution in [0.3, 0.4) is 0 Å². The first-order chi connectivity index (χ1) is 7.73. The standard InChI is InChI=1S/C14H20FN/c1-3-14(9-12(14)10-16-4-2)11-5-7-13(15)8-6-11/h5-8,12,16H,3-4,9-10H2,1-2H3. The lowest BCUT2D eigenvalue weighted by atomic mass is 9.90. The zero-order valence-corrected chi connectivity index (χ0v) is 10.1. The smallest absolute Gasteiger partial charge is 0.123 e. The maximum absolute atomic E-state index is 12.9. The molecule has 0 bridgehead atoms. The summed E-state index contributed by atoms with van der Waals surface area (Å²) in [5, 5.41) is 3.41. The third-order valence-corrected chi connectivity index (χ3v) is 3.92. The van der Waals surface area contributed by atoms with E-state index in [0.29, 0.717) is 5.41 Å². The second kappa shape index (κ2) is 4.54. The van der Waals surface area contributed by atoms with E-state index in [2.05, 4.69) is 19.2 Å². The van der Waals surface area contributed by atoms with E-state index in [1.54, 1.807) is 12.1 Å². The van der Waals surface area contributed by atoms with Crippen LogP contribution in [0.1, 0.15) is 32.3 Å². The van der Waals surface area contributed by atoms with E-state index in [1.165, 1.54) is 12.0 Å². The molecule has 1 saturated carbocycles. The predicted molar refractivity (Wildman–Crippen MR) is 65.0 cm³/mol. The normalized spacial score (nSPS) is 28.1. The van der Waals surface area contributed by atoms with Crippen LogP contribution in [-0.4, -0.2) is 13.1 Å². The molecule has 1 aromatic rings. The van der Waals surface area contributed by atoms with Crippen LogP contribution in [0.4, 0.5) is 4.39 Å². The van der Waals surface area contributed by atoms with Crippen molar-refractivity contribution in [1.82, 2.24) is 5.32 Å². The van der Waals surface area contributed by atoms with Crippen LogP contribution in [0, 0.1) is 11.7 Å². The van der Waals surface area contributed by atoms with Gasteiger partial charge >= 0.3 is 0 Å². The van der Waals surface area contributed by atoms with Crippen LogP contribution in [0.2, 0.25) is 0 Å². The van der Waals surface area contributed by atoms with Gasteiger partial charge in [-0.1, -0.05) is 26.0 Å². The van der Waals surface area contributed by atoms with Crippen LogP contribution < -0.4 is 5.32 Å². The van der Waals surface area contributed by atoms with Gasteiger partial charge < -0.3 is 5.32 Å². The van der Waals surface area contributed by atoms with Gasteiger partial charge in [0, 0.05) is 0 Å². The number of hydrogen-bond donors (Lipinski definition) is 1. The highest BCUT2D eigenvalue weighted by Gasteiger charge is 2.52. The maximum atomic E-state index is 12.9. The van der Waals surface area contributed by atoms with Gasteiger partial charge in [-0.05, 0) is 55.0 Å². The Morgan fingerprint density at radius 1 is 1.31 bits per heavy atom. The van der Waals surface area contributed by atoms with Crippen LogP contribution in [-0.2, 0) is 5.41 Å². The number of halogens is 1. The molecule has 2 atom stereocenters. The van der Waals surface area contributed by atoms with Gasteiger partial charge in [-0.3, -0.25) is 0 Å². The van der Waals surface area contributed by atoms with Crippen molar-refractivity contribution < 1.29 is 4.39 Å². The highest BCUT2D eigenvalue weighted by atomic mass is 19.1. The maximum Gasteiger partial charge on any atom is 0.123 e. The fraction of sp³-hybridized carbons (Fsp3) is 0.571. The van der Waals surface area contributed by atoms with E-state index in [4.69, 9.17) is 0 Å². The number of rotatable bonds is 5. The Bertz CT molecular complexity index is 346. The van der Waals surface area contributed by atoms with Gasteiger partial charge in [-0.15, -0.1) is 0 Å². The lowest BCUT2D eigenvalue weighted by Crippen LogP contribution is -2.20. The fourth-order valence-corrected chi connectivity index (χ4v) is 2.74. The van der Waals surface area contributed by atoms with E-state index < -0.39 is 0 Å². The van der Waals surface area contributed by atoms with Crippen molar-refractivity contribution >= 4 is 0 Å². The molecular formula is C14H20FN. The lowest BCUT2D eigenvalue weighted by Gasteiger charge is -2.16. The molecule has 0 amide bonds. The molecule has 88 valence electrons. The van der Waals surface area contributed by atoms with E-state index in [9.17, 15) is 4.39 Å². The molecule has 2 heteroatoms. The fourth-order valence-electron chi connectivity index (χ4n) is 2.74. The molecule has 1 fully saturated rings. The van der Waals surface area contributed by atoms with Gasteiger partial charge in [-0.2, -0.15) is 0 Å². The average molecular weight is 221 g/mol. The molecule has 2 rings (SSSR count). The van der Waals surface area contributed by atoms with E-state index in [1.807, 2.05) is 12.1 Å². The van der Waals surface area contributed by atoms with E-state index in [-0.39, 0.29) is 5.82 Å². The first kappa shape index (κ1) is 11.6. The first-order valence-electron chi connectivity index (χ1n) is 6.19. The summed E-state index contributed by atoms with van der Waals surface area (Å²) in [7, 11) is 0. The summed E-state index contributed by atoms with van der Waals surface area (Å²) in [6.45, 7) is 6.48. The minimum atomic E-state index is -0.140. The summed E-state index contributed by atoms with van der Waals surface area (Å²) in [5.41, 5.74) is 1.62. The van der Waals surface area contributed by atoms with Gasteiger partial charge in [0.05, 0.1) is 0 Å². The van der Waals surface area contributed by atoms with Crippen LogP contribution in [0.5, 0.6) is 0 Å². The molecule has 0 aromatic heterocycles. The quantitative estimate of drug-likeness (QED) is 0.805. The van der Waals surface area contributed by atoms with Crippen molar-refractivity contribution in [3.8, 4) is 0 Å². The van der Waals surface area contributed by atoms with E-state index in [0.717, 1.165) is 25.4 Å². The van der Waals surface area contributed by atoms with Crippen molar-refractivity contribution in [2.75, 3.05) is 13.1 Å². The summed E-state index contributed by atoms with van der Waals surface area (Å²) in [6, 6.07) is 7.06. The lowest BCUT2D eigenvalue weighted by molar-refractivity contribution is 0.544. The monoisotopic (exact) mass is 221 g/mol. The number of benzene rings is 1. The molecule has 1 nitrogen and oxygen atoms in total. The summed E-state index contributed by atoms with van der Waals surface area (Å²) >= 11 is 0. The zero-order valence-electron chi connectivity index (χ0n) is 10.1. The summed E-state index contributed by atoms with van der Waals surface area (Å²) in [6.07, 6.45) is 2.39. The second-order valence-corrected chi connectivity index (χ2v) is 4.73. The Labute approximate surface area is 97.1 Å². The summed E-state index contributed by atoms with van der Waals surface area (Å²) < 4.78 is 12.9. The van der Waals surface area contributed by atoms with Crippen molar-refractivity contribution in [2.45, 2.75) is 32.1 Å².